The van der Waals surface area contributed by atoms with Crippen LogP contribution in [-0.4, -0.2) is 33.7 Å². The van der Waals surface area contributed by atoms with Crippen molar-refractivity contribution in [3.63, 3.8) is 0 Å². The molecule has 19 heavy (non-hydrogen) atoms. The summed E-state index contributed by atoms with van der Waals surface area (Å²) in [5.41, 5.74) is 0.984. The van der Waals surface area contributed by atoms with Crippen molar-refractivity contribution in [2.45, 2.75) is 70.6 Å². The summed E-state index contributed by atoms with van der Waals surface area (Å²) in [4.78, 5) is 0. The highest BCUT2D eigenvalue weighted by Crippen LogP contribution is 2.19. The van der Waals surface area contributed by atoms with Gasteiger partial charge in [0.05, 0.1) is 23.9 Å². The molecule has 1 saturated heterocycles. The van der Waals surface area contributed by atoms with Crippen LogP contribution in [0.3, 0.4) is 0 Å². The van der Waals surface area contributed by atoms with E-state index < -0.39 is 0 Å². The first-order chi connectivity index (χ1) is 9.22. The molecule has 1 N–H and O–H groups in total. The maximum absolute atomic E-state index is 10.1. The van der Waals surface area contributed by atoms with Crippen molar-refractivity contribution in [2.24, 2.45) is 0 Å². The Morgan fingerprint density at radius 2 is 2.26 bits per heavy atom. The van der Waals surface area contributed by atoms with Crippen LogP contribution in [0.2, 0.25) is 0 Å². The number of hydrogen-bond donors (Lipinski definition) is 1. The molecule has 0 bridgehead atoms. The van der Waals surface area contributed by atoms with Crippen molar-refractivity contribution in [1.29, 1.82) is 0 Å². The van der Waals surface area contributed by atoms with E-state index in [2.05, 4.69) is 18.9 Å². The number of nitrogens with zero attached hydrogens (tertiary/aromatic N) is 2. The SMILES string of the molecule is CCC(CC)n1ccc(CC(O)CC2CCCO2)n1. The van der Waals surface area contributed by atoms with Crippen molar-refractivity contribution >= 4 is 0 Å². The zero-order valence-corrected chi connectivity index (χ0v) is 12.1. The number of aliphatic hydroxyl groups excluding tert-OH is 1. The summed E-state index contributed by atoms with van der Waals surface area (Å²) in [5.74, 6) is 0. The first-order valence-corrected chi connectivity index (χ1v) is 7.56. The highest BCUT2D eigenvalue weighted by atomic mass is 16.5. The predicted molar refractivity (Wildman–Crippen MR) is 75.1 cm³/mol. The second kappa shape index (κ2) is 7.06. The molecule has 1 fully saturated rings. The van der Waals surface area contributed by atoms with Gasteiger partial charge in [0.25, 0.3) is 0 Å². The zero-order valence-electron chi connectivity index (χ0n) is 12.1. The third-order valence-corrected chi connectivity index (χ3v) is 3.98. The van der Waals surface area contributed by atoms with Crippen LogP contribution in [0.4, 0.5) is 0 Å². The molecule has 0 amide bonds. The van der Waals surface area contributed by atoms with E-state index in [1.165, 1.54) is 0 Å². The molecule has 4 nitrogen and oxygen atoms in total. The Bertz CT molecular complexity index is 368. The van der Waals surface area contributed by atoms with Gasteiger partial charge in [-0.2, -0.15) is 5.10 Å². The maximum Gasteiger partial charge on any atom is 0.0650 e. The van der Waals surface area contributed by atoms with Crippen LogP contribution in [0.15, 0.2) is 12.3 Å². The number of hydrogen-bond acceptors (Lipinski definition) is 3. The Balaban J connectivity index is 1.84. The average molecular weight is 266 g/mol. The van der Waals surface area contributed by atoms with Crippen LogP contribution in [-0.2, 0) is 11.2 Å². The van der Waals surface area contributed by atoms with E-state index >= 15 is 0 Å². The first kappa shape index (κ1) is 14.5. The van der Waals surface area contributed by atoms with Crippen LogP contribution >= 0.6 is 0 Å². The molecule has 2 rings (SSSR count). The minimum atomic E-state index is -0.340. The minimum absolute atomic E-state index is 0.246. The quantitative estimate of drug-likeness (QED) is 0.825. The van der Waals surface area contributed by atoms with Crippen molar-refractivity contribution in [3.8, 4) is 0 Å². The Labute approximate surface area is 115 Å². The molecule has 0 saturated carbocycles. The van der Waals surface area contributed by atoms with Gasteiger partial charge >= 0.3 is 0 Å². The second-order valence-electron chi connectivity index (χ2n) is 5.49. The summed E-state index contributed by atoms with van der Waals surface area (Å²) < 4.78 is 7.59. The third kappa shape index (κ3) is 4.05. The summed E-state index contributed by atoms with van der Waals surface area (Å²) in [6, 6.07) is 2.50. The fraction of sp³-hybridized carbons (Fsp3) is 0.800. The van der Waals surface area contributed by atoms with E-state index in [9.17, 15) is 5.11 Å². The average Bonchev–Trinajstić information content (AvgIpc) is 3.03. The summed E-state index contributed by atoms with van der Waals surface area (Å²) in [5, 5.41) is 14.7. The number of ether oxygens (including phenoxy) is 1. The Hall–Kier alpha value is -0.870. The summed E-state index contributed by atoms with van der Waals surface area (Å²) >= 11 is 0. The van der Waals surface area contributed by atoms with E-state index in [-0.39, 0.29) is 12.2 Å². The molecule has 1 aromatic rings. The Morgan fingerprint density at radius 1 is 1.47 bits per heavy atom. The summed E-state index contributed by atoms with van der Waals surface area (Å²) in [6.07, 6.45) is 7.70. The largest absolute Gasteiger partial charge is 0.393 e. The fourth-order valence-electron chi connectivity index (χ4n) is 2.81. The standard InChI is InChI=1S/C15H26N2O2/c1-3-13(4-2)17-8-7-12(16-17)10-14(18)11-15-6-5-9-19-15/h7-8,13-15,18H,3-6,9-11H2,1-2H3. The molecule has 108 valence electrons. The van der Waals surface area contributed by atoms with E-state index in [1.807, 2.05) is 16.9 Å². The lowest BCUT2D eigenvalue weighted by atomic mass is 10.1. The molecule has 0 radical (unpaired) electrons. The molecule has 1 aliphatic rings. The van der Waals surface area contributed by atoms with Gasteiger partial charge in [-0.3, -0.25) is 4.68 Å². The van der Waals surface area contributed by atoms with Crippen LogP contribution in [0, 0.1) is 0 Å². The van der Waals surface area contributed by atoms with Crippen LogP contribution in [0.1, 0.15) is 57.7 Å². The molecule has 0 spiro atoms. The van der Waals surface area contributed by atoms with E-state index in [1.54, 1.807) is 0 Å². The van der Waals surface area contributed by atoms with E-state index in [0.29, 0.717) is 12.5 Å². The summed E-state index contributed by atoms with van der Waals surface area (Å²) in [6.45, 7) is 5.21. The predicted octanol–water partition coefficient (Wildman–Crippen LogP) is 2.72. The smallest absolute Gasteiger partial charge is 0.0650 e. The van der Waals surface area contributed by atoms with Crippen molar-refractivity contribution in [3.05, 3.63) is 18.0 Å². The normalized spacial score (nSPS) is 21.2. The van der Waals surface area contributed by atoms with Gasteiger partial charge in [-0.05, 0) is 38.2 Å². The van der Waals surface area contributed by atoms with Gasteiger partial charge < -0.3 is 9.84 Å². The van der Waals surface area contributed by atoms with Gasteiger partial charge in [0.1, 0.15) is 0 Å². The molecular weight excluding hydrogens is 240 g/mol. The van der Waals surface area contributed by atoms with Crippen LogP contribution in [0.25, 0.3) is 0 Å². The highest BCUT2D eigenvalue weighted by Gasteiger charge is 2.20. The maximum atomic E-state index is 10.1. The van der Waals surface area contributed by atoms with E-state index in [4.69, 9.17) is 4.74 Å². The van der Waals surface area contributed by atoms with Gasteiger partial charge in [0.15, 0.2) is 0 Å². The second-order valence-corrected chi connectivity index (χ2v) is 5.49. The molecule has 0 aromatic carbocycles. The highest BCUT2D eigenvalue weighted by molar-refractivity contribution is 5.01. The van der Waals surface area contributed by atoms with Gasteiger partial charge in [-0.25, -0.2) is 0 Å². The number of aliphatic hydroxyl groups is 1. The van der Waals surface area contributed by atoms with Crippen molar-refractivity contribution in [2.75, 3.05) is 6.61 Å². The van der Waals surface area contributed by atoms with E-state index in [0.717, 1.165) is 44.4 Å². The lowest BCUT2D eigenvalue weighted by Crippen LogP contribution is -2.19. The molecular formula is C15H26N2O2. The van der Waals surface area contributed by atoms with Gasteiger partial charge in [-0.15, -0.1) is 0 Å². The molecule has 4 heteroatoms. The van der Waals surface area contributed by atoms with Crippen molar-refractivity contribution < 1.29 is 9.84 Å². The fourth-order valence-corrected chi connectivity index (χ4v) is 2.81. The molecule has 2 heterocycles. The first-order valence-electron chi connectivity index (χ1n) is 7.56. The molecule has 2 unspecified atom stereocenters. The molecule has 2 atom stereocenters. The van der Waals surface area contributed by atoms with Crippen LogP contribution in [0.5, 0.6) is 0 Å². The number of aromatic nitrogens is 2. The molecule has 0 aliphatic carbocycles. The lowest BCUT2D eigenvalue weighted by Gasteiger charge is -2.15. The Morgan fingerprint density at radius 3 is 2.89 bits per heavy atom. The Kier molecular flexibility index (Phi) is 5.40. The third-order valence-electron chi connectivity index (χ3n) is 3.98. The topological polar surface area (TPSA) is 47.3 Å². The molecule has 1 aliphatic heterocycles. The molecule has 1 aromatic heterocycles. The van der Waals surface area contributed by atoms with Gasteiger partial charge in [-0.1, -0.05) is 13.8 Å². The minimum Gasteiger partial charge on any atom is -0.393 e. The monoisotopic (exact) mass is 266 g/mol. The van der Waals surface area contributed by atoms with Gasteiger partial charge in [0.2, 0.25) is 0 Å². The number of rotatable bonds is 7. The zero-order chi connectivity index (χ0) is 13.7. The van der Waals surface area contributed by atoms with Crippen molar-refractivity contribution in [1.82, 2.24) is 9.78 Å². The lowest BCUT2D eigenvalue weighted by molar-refractivity contribution is 0.0537. The van der Waals surface area contributed by atoms with Gasteiger partial charge in [0, 0.05) is 19.2 Å². The van der Waals surface area contributed by atoms with Crippen LogP contribution < -0.4 is 0 Å². The summed E-state index contributed by atoms with van der Waals surface area (Å²) in [7, 11) is 0.